The second-order valence-corrected chi connectivity index (χ2v) is 1.03. The van der Waals surface area contributed by atoms with E-state index in [0.717, 1.165) is 0 Å². The first-order valence-electron chi connectivity index (χ1n) is 0.810. The molecule has 26 valence electrons. The second-order valence-electron chi connectivity index (χ2n) is 0.267. The van der Waals surface area contributed by atoms with E-state index in [4.69, 9.17) is 0 Å². The Hall–Kier alpha value is 0.620. The molecule has 0 atom stereocenters. The molecule has 3 heteroatoms. The summed E-state index contributed by atoms with van der Waals surface area (Å²) in [4.78, 5) is 0. The Morgan fingerprint density at radius 1 is 2.00 bits per heavy atom. The monoisotopic (exact) mass is 175 g/mol. The standard InChI is InChI=1S/CH3FIN/c2-1-4-3/h4H,1H2. The maximum atomic E-state index is 10.6. The molecule has 0 spiro atoms. The Kier molecular flexibility index (Phi) is 4.18. The lowest BCUT2D eigenvalue weighted by atomic mass is 11.5. The highest BCUT2D eigenvalue weighted by Crippen LogP contribution is 1.63. The molecular formula is CH3FIN. The first kappa shape index (κ1) is 4.62. The number of hydrogen-bond donors (Lipinski definition) is 1. The van der Waals surface area contributed by atoms with Gasteiger partial charge >= 0.3 is 0 Å². The Labute approximate surface area is 38.1 Å². The summed E-state index contributed by atoms with van der Waals surface area (Å²) in [5, 5.41) is 0. The van der Waals surface area contributed by atoms with Crippen molar-refractivity contribution in [3.63, 3.8) is 0 Å². The number of halogens is 2. The van der Waals surface area contributed by atoms with Crippen molar-refractivity contribution in [3.05, 3.63) is 0 Å². The third kappa shape index (κ3) is 2.62. The predicted octanol–water partition coefficient (Wildman–Crippen LogP) is 0.853. The van der Waals surface area contributed by atoms with E-state index in [0.29, 0.717) is 0 Å². The molecule has 0 bridgehead atoms. The molecule has 0 radical (unpaired) electrons. The lowest BCUT2D eigenvalue weighted by molar-refractivity contribution is 0.496. The van der Waals surface area contributed by atoms with Crippen molar-refractivity contribution in [3.8, 4) is 0 Å². The number of nitrogens with one attached hydrogen (secondary N) is 1. The van der Waals surface area contributed by atoms with Crippen molar-refractivity contribution in [1.82, 2.24) is 3.53 Å². The first-order valence-corrected chi connectivity index (χ1v) is 1.89. The molecule has 4 heavy (non-hydrogen) atoms. The van der Waals surface area contributed by atoms with Crippen LogP contribution >= 0.6 is 22.9 Å². The van der Waals surface area contributed by atoms with E-state index >= 15 is 0 Å². The Morgan fingerprint density at radius 2 is 2.25 bits per heavy atom. The minimum Gasteiger partial charge on any atom is -0.233 e. The summed E-state index contributed by atoms with van der Waals surface area (Å²) in [6.07, 6.45) is 0. The average Bonchev–Trinajstić information content (AvgIpc) is 1.37. The van der Waals surface area contributed by atoms with Crippen LogP contribution in [0.3, 0.4) is 0 Å². The summed E-state index contributed by atoms with van der Waals surface area (Å²) < 4.78 is 12.8. The summed E-state index contributed by atoms with van der Waals surface area (Å²) >= 11 is 1.73. The van der Waals surface area contributed by atoms with Crippen LogP contribution in [0.25, 0.3) is 0 Å². The third-order valence-corrected chi connectivity index (χ3v) is 0.339. The van der Waals surface area contributed by atoms with Gasteiger partial charge in [-0.05, 0) is 0 Å². The highest BCUT2D eigenvalue weighted by molar-refractivity contribution is 14.1. The van der Waals surface area contributed by atoms with Crippen molar-refractivity contribution in [2.45, 2.75) is 0 Å². The van der Waals surface area contributed by atoms with E-state index in [1.807, 2.05) is 0 Å². The molecule has 0 fully saturated rings. The molecule has 0 heterocycles. The van der Waals surface area contributed by atoms with Crippen LogP contribution < -0.4 is 3.53 Å². The minimum absolute atomic E-state index is 0.444. The largest absolute Gasteiger partial charge is 0.233 e. The Bertz CT molecular complexity index is 10.0. The lowest BCUT2D eigenvalue weighted by Crippen LogP contribution is -1.88. The van der Waals surface area contributed by atoms with Gasteiger partial charge in [-0.25, -0.2) is 7.92 Å². The molecule has 0 aliphatic carbocycles. The number of alkyl halides is 1. The van der Waals surface area contributed by atoms with E-state index in [2.05, 4.69) is 3.53 Å². The first-order chi connectivity index (χ1) is 1.91. The van der Waals surface area contributed by atoms with Gasteiger partial charge in [-0.1, -0.05) is 0 Å². The predicted molar refractivity (Wildman–Crippen MR) is 23.1 cm³/mol. The van der Waals surface area contributed by atoms with Gasteiger partial charge in [0.1, 0.15) is 6.80 Å². The number of hydrogen-bond acceptors (Lipinski definition) is 1. The van der Waals surface area contributed by atoms with Crippen LogP contribution in [0, 0.1) is 0 Å². The summed E-state index contributed by atoms with van der Waals surface area (Å²) in [5.74, 6) is 0. The fraction of sp³-hybridized carbons (Fsp3) is 1.00. The highest BCUT2D eigenvalue weighted by Gasteiger charge is 1.57. The zero-order valence-electron chi connectivity index (χ0n) is 1.96. The van der Waals surface area contributed by atoms with Crippen LogP contribution in [0.4, 0.5) is 4.39 Å². The van der Waals surface area contributed by atoms with Gasteiger partial charge in [-0.15, -0.1) is 0 Å². The molecule has 0 saturated heterocycles. The molecule has 0 saturated carbocycles. The molecule has 0 amide bonds. The zero-order chi connectivity index (χ0) is 3.41. The molecular weight excluding hydrogens is 172 g/mol. The van der Waals surface area contributed by atoms with Crippen LogP contribution in [0.2, 0.25) is 0 Å². The summed E-state index contributed by atoms with van der Waals surface area (Å²) in [7, 11) is 0. The second kappa shape index (κ2) is 3.62. The fourth-order valence-electron chi connectivity index (χ4n) is 0. The van der Waals surface area contributed by atoms with Crippen LogP contribution in [0.1, 0.15) is 0 Å². The molecule has 0 unspecified atom stereocenters. The third-order valence-electron chi connectivity index (χ3n) is 0.0505. The maximum Gasteiger partial charge on any atom is 0.148 e. The van der Waals surface area contributed by atoms with Crippen molar-refractivity contribution in [2.75, 3.05) is 6.80 Å². The van der Waals surface area contributed by atoms with Gasteiger partial charge in [0.25, 0.3) is 0 Å². The van der Waals surface area contributed by atoms with E-state index in [1.54, 1.807) is 22.9 Å². The maximum absolute atomic E-state index is 10.6. The van der Waals surface area contributed by atoms with Crippen LogP contribution in [-0.2, 0) is 0 Å². The van der Waals surface area contributed by atoms with E-state index in [-0.39, 0.29) is 0 Å². The van der Waals surface area contributed by atoms with Gasteiger partial charge in [0.2, 0.25) is 0 Å². The van der Waals surface area contributed by atoms with Gasteiger partial charge in [-0.2, -0.15) is 0 Å². The van der Waals surface area contributed by atoms with Crippen LogP contribution in [0.15, 0.2) is 0 Å². The van der Waals surface area contributed by atoms with Gasteiger partial charge in [-0.3, -0.25) is 0 Å². The van der Waals surface area contributed by atoms with Gasteiger partial charge in [0.05, 0.1) is 0 Å². The molecule has 1 N–H and O–H groups in total. The number of rotatable bonds is 1. The van der Waals surface area contributed by atoms with Crippen LogP contribution in [-0.4, -0.2) is 6.80 Å². The molecule has 1 nitrogen and oxygen atoms in total. The molecule has 0 aliphatic rings. The average molecular weight is 175 g/mol. The Morgan fingerprint density at radius 3 is 2.25 bits per heavy atom. The minimum atomic E-state index is -0.444. The smallest absolute Gasteiger partial charge is 0.148 e. The summed E-state index contributed by atoms with van der Waals surface area (Å²) in [6, 6.07) is 0. The lowest BCUT2D eigenvalue weighted by Gasteiger charge is -1.69. The van der Waals surface area contributed by atoms with E-state index in [1.165, 1.54) is 0 Å². The normalized spacial score (nSPS) is 7.50. The van der Waals surface area contributed by atoms with Gasteiger partial charge in [0, 0.05) is 22.9 Å². The summed E-state index contributed by atoms with van der Waals surface area (Å²) in [5.41, 5.74) is 0. The van der Waals surface area contributed by atoms with Crippen molar-refractivity contribution < 1.29 is 4.39 Å². The summed E-state index contributed by atoms with van der Waals surface area (Å²) in [6.45, 7) is -0.444. The van der Waals surface area contributed by atoms with Crippen molar-refractivity contribution in [2.24, 2.45) is 0 Å². The topological polar surface area (TPSA) is 12.0 Å². The van der Waals surface area contributed by atoms with E-state index < -0.39 is 6.80 Å². The van der Waals surface area contributed by atoms with Crippen molar-refractivity contribution in [1.29, 1.82) is 0 Å². The molecule has 0 aromatic heterocycles. The Balaban J connectivity index is 1.97. The molecule has 0 aromatic rings. The van der Waals surface area contributed by atoms with E-state index in [9.17, 15) is 4.39 Å². The van der Waals surface area contributed by atoms with Gasteiger partial charge < -0.3 is 0 Å². The molecule has 0 aliphatic heterocycles. The van der Waals surface area contributed by atoms with Gasteiger partial charge in [0.15, 0.2) is 0 Å². The fourth-order valence-corrected chi connectivity index (χ4v) is 0. The van der Waals surface area contributed by atoms with Crippen LogP contribution in [0.5, 0.6) is 0 Å². The van der Waals surface area contributed by atoms with Crippen molar-refractivity contribution >= 4 is 22.9 Å². The quantitative estimate of drug-likeness (QED) is 0.354. The molecule has 0 rings (SSSR count). The highest BCUT2D eigenvalue weighted by atomic mass is 127. The SMILES string of the molecule is FCNI. The molecule has 0 aromatic carbocycles. The zero-order valence-corrected chi connectivity index (χ0v) is 4.12.